The Morgan fingerprint density at radius 3 is 2.82 bits per heavy atom. The monoisotopic (exact) mass is 307 g/mol. The fourth-order valence-corrected chi connectivity index (χ4v) is 2.61. The van der Waals surface area contributed by atoms with E-state index in [1.54, 1.807) is 19.2 Å². The van der Waals surface area contributed by atoms with Gasteiger partial charge in [0, 0.05) is 12.3 Å². The van der Waals surface area contributed by atoms with Crippen LogP contribution in [0.4, 0.5) is 5.82 Å². The van der Waals surface area contributed by atoms with Crippen molar-refractivity contribution in [3.63, 3.8) is 0 Å². The molecule has 1 saturated carbocycles. The van der Waals surface area contributed by atoms with Gasteiger partial charge in [-0.3, -0.25) is 0 Å². The molecule has 7 heteroatoms. The van der Waals surface area contributed by atoms with Gasteiger partial charge in [0.1, 0.15) is 5.82 Å². The van der Waals surface area contributed by atoms with Gasteiger partial charge < -0.3 is 15.2 Å². The van der Waals surface area contributed by atoms with E-state index in [2.05, 4.69) is 10.4 Å². The van der Waals surface area contributed by atoms with E-state index in [1.165, 1.54) is 19.3 Å². The molecule has 1 aliphatic rings. The van der Waals surface area contributed by atoms with Crippen molar-refractivity contribution in [3.05, 3.63) is 24.0 Å². The Labute approximate surface area is 129 Å². The largest absolute Gasteiger partial charge is 0.477 e. The minimum absolute atomic E-state index is 0.128. The summed E-state index contributed by atoms with van der Waals surface area (Å²) in [6, 6.07) is 2.07. The van der Waals surface area contributed by atoms with Crippen LogP contribution in [0.15, 0.2) is 24.0 Å². The molecule has 0 amide bonds. The Morgan fingerprint density at radius 1 is 1.45 bits per heavy atom. The molecule has 0 spiro atoms. The van der Waals surface area contributed by atoms with Gasteiger partial charge in [0.15, 0.2) is 5.57 Å². The molecule has 0 aromatic carbocycles. The Morgan fingerprint density at radius 2 is 2.18 bits per heavy atom. The third-order valence-corrected chi connectivity index (χ3v) is 3.68. The second-order valence-corrected chi connectivity index (χ2v) is 5.18. The normalized spacial score (nSPS) is 16.3. The molecule has 0 saturated heterocycles. The first kappa shape index (κ1) is 16.1. The lowest BCUT2D eigenvalue weighted by Gasteiger charge is -2.23. The molecular weight excluding hydrogens is 286 g/mol. The molecule has 0 bridgehead atoms. The quantitative estimate of drug-likeness (QED) is 0.362. The smallest absolute Gasteiger partial charge is 0.347 e. The summed E-state index contributed by atoms with van der Waals surface area (Å²) in [6.07, 6.45) is 8.53. The number of carbonyl (C=O) groups is 2. The molecular formula is C15H21N3O4. The summed E-state index contributed by atoms with van der Waals surface area (Å²) in [7, 11) is 0. The van der Waals surface area contributed by atoms with Crippen LogP contribution in [0.2, 0.25) is 0 Å². The number of hydrogen-bond donors (Lipinski definition) is 2. The highest BCUT2D eigenvalue weighted by Gasteiger charge is 2.20. The van der Waals surface area contributed by atoms with E-state index in [9.17, 15) is 9.59 Å². The van der Waals surface area contributed by atoms with Crippen LogP contribution in [0.1, 0.15) is 45.1 Å². The molecule has 1 aromatic rings. The number of anilines is 1. The second kappa shape index (κ2) is 7.63. The van der Waals surface area contributed by atoms with Crippen LogP contribution < -0.4 is 5.32 Å². The molecule has 1 aliphatic carbocycles. The van der Waals surface area contributed by atoms with Crippen molar-refractivity contribution in [2.24, 2.45) is 0 Å². The molecule has 2 rings (SSSR count). The Kier molecular flexibility index (Phi) is 5.57. The summed E-state index contributed by atoms with van der Waals surface area (Å²) in [4.78, 5) is 22.7. The molecule has 0 aliphatic heterocycles. The third-order valence-electron chi connectivity index (χ3n) is 3.68. The Balaban J connectivity index is 2.12. The van der Waals surface area contributed by atoms with Crippen LogP contribution in [0.25, 0.3) is 0 Å². The van der Waals surface area contributed by atoms with Gasteiger partial charge in [-0.05, 0) is 19.8 Å². The molecule has 1 heterocycles. The van der Waals surface area contributed by atoms with Gasteiger partial charge in [0.2, 0.25) is 0 Å². The van der Waals surface area contributed by atoms with E-state index in [0.717, 1.165) is 19.0 Å². The first-order valence-corrected chi connectivity index (χ1v) is 7.54. The first-order chi connectivity index (χ1) is 10.6. The maximum atomic E-state index is 11.6. The topological polar surface area (TPSA) is 93.5 Å². The number of aromatic nitrogens is 2. The number of carbonyl (C=O) groups excluding carboxylic acids is 1. The van der Waals surface area contributed by atoms with E-state index in [1.807, 2.05) is 4.68 Å². The number of esters is 1. The lowest BCUT2D eigenvalue weighted by Crippen LogP contribution is -2.18. The number of carboxylic acid groups (broad SMARTS) is 1. The van der Waals surface area contributed by atoms with E-state index >= 15 is 0 Å². The molecule has 2 N–H and O–H groups in total. The summed E-state index contributed by atoms with van der Waals surface area (Å²) < 4.78 is 6.59. The number of ether oxygens (including phenoxy) is 1. The molecule has 7 nitrogen and oxygen atoms in total. The maximum Gasteiger partial charge on any atom is 0.347 e. The lowest BCUT2D eigenvalue weighted by molar-refractivity contribution is -0.143. The number of rotatable bonds is 6. The van der Waals surface area contributed by atoms with Crippen molar-refractivity contribution >= 4 is 17.8 Å². The number of carboxylic acids is 1. The Bertz CT molecular complexity index is 559. The van der Waals surface area contributed by atoms with Gasteiger partial charge in [-0.25, -0.2) is 14.3 Å². The average molecular weight is 307 g/mol. The zero-order valence-electron chi connectivity index (χ0n) is 12.6. The highest BCUT2D eigenvalue weighted by atomic mass is 16.5. The zero-order valence-corrected chi connectivity index (χ0v) is 12.6. The van der Waals surface area contributed by atoms with Crippen LogP contribution in [0.5, 0.6) is 0 Å². The molecule has 1 aromatic heterocycles. The van der Waals surface area contributed by atoms with Crippen molar-refractivity contribution < 1.29 is 19.4 Å². The maximum absolute atomic E-state index is 11.6. The van der Waals surface area contributed by atoms with Gasteiger partial charge >= 0.3 is 11.9 Å². The van der Waals surface area contributed by atoms with Crippen molar-refractivity contribution in [1.29, 1.82) is 0 Å². The standard InChI is InChI=1S/C15H21N3O4/c1-2-22-15(21)12(14(19)20)10-16-13-8-9-17-18(13)11-6-4-3-5-7-11/h8-11,16H,2-7H2,1H3,(H,19,20)/b12-10-. The van der Waals surface area contributed by atoms with Crippen LogP contribution in [0.3, 0.4) is 0 Å². The first-order valence-electron chi connectivity index (χ1n) is 7.54. The molecule has 120 valence electrons. The molecule has 0 radical (unpaired) electrons. The zero-order chi connectivity index (χ0) is 15.9. The summed E-state index contributed by atoms with van der Waals surface area (Å²) in [5, 5.41) is 16.3. The highest BCUT2D eigenvalue weighted by molar-refractivity contribution is 6.13. The second-order valence-electron chi connectivity index (χ2n) is 5.18. The molecule has 0 unspecified atom stereocenters. The van der Waals surface area contributed by atoms with Gasteiger partial charge in [0.25, 0.3) is 0 Å². The Hall–Kier alpha value is -2.31. The fourth-order valence-electron chi connectivity index (χ4n) is 2.61. The molecule has 1 fully saturated rings. The van der Waals surface area contributed by atoms with Gasteiger partial charge in [-0.15, -0.1) is 0 Å². The van der Waals surface area contributed by atoms with E-state index < -0.39 is 17.5 Å². The van der Waals surface area contributed by atoms with Crippen LogP contribution in [0, 0.1) is 0 Å². The number of nitrogens with one attached hydrogen (secondary N) is 1. The van der Waals surface area contributed by atoms with Crippen LogP contribution in [-0.2, 0) is 14.3 Å². The lowest BCUT2D eigenvalue weighted by atomic mass is 9.96. The fraction of sp³-hybridized carbons (Fsp3) is 0.533. The minimum atomic E-state index is -1.32. The number of nitrogens with zero attached hydrogens (tertiary/aromatic N) is 2. The van der Waals surface area contributed by atoms with E-state index in [-0.39, 0.29) is 6.61 Å². The van der Waals surface area contributed by atoms with Crippen molar-refractivity contribution in [2.45, 2.75) is 45.1 Å². The predicted octanol–water partition coefficient (Wildman–Crippen LogP) is 2.33. The number of aliphatic carboxylic acids is 1. The number of hydrogen-bond acceptors (Lipinski definition) is 5. The summed E-state index contributed by atoms with van der Waals surface area (Å²) in [5.41, 5.74) is -0.432. The summed E-state index contributed by atoms with van der Waals surface area (Å²) in [5.74, 6) is -1.50. The minimum Gasteiger partial charge on any atom is -0.477 e. The van der Waals surface area contributed by atoms with Gasteiger partial charge in [0.05, 0.1) is 18.8 Å². The van der Waals surface area contributed by atoms with E-state index in [0.29, 0.717) is 11.9 Å². The molecule has 22 heavy (non-hydrogen) atoms. The summed E-state index contributed by atoms with van der Waals surface area (Å²) in [6.45, 7) is 1.76. The van der Waals surface area contributed by atoms with Crippen LogP contribution in [-0.4, -0.2) is 33.4 Å². The van der Waals surface area contributed by atoms with Crippen molar-refractivity contribution in [1.82, 2.24) is 9.78 Å². The third kappa shape index (κ3) is 3.87. The van der Waals surface area contributed by atoms with Gasteiger partial charge in [-0.1, -0.05) is 19.3 Å². The van der Waals surface area contributed by atoms with Crippen molar-refractivity contribution in [2.75, 3.05) is 11.9 Å². The predicted molar refractivity (Wildman–Crippen MR) is 80.3 cm³/mol. The van der Waals surface area contributed by atoms with E-state index in [4.69, 9.17) is 9.84 Å². The SMILES string of the molecule is CCOC(=O)/C(=C\Nc1ccnn1C1CCCCC1)C(=O)O. The van der Waals surface area contributed by atoms with Crippen molar-refractivity contribution in [3.8, 4) is 0 Å². The summed E-state index contributed by atoms with van der Waals surface area (Å²) >= 11 is 0. The average Bonchev–Trinajstić information content (AvgIpc) is 2.97. The van der Waals surface area contributed by atoms with Gasteiger partial charge in [-0.2, -0.15) is 5.10 Å². The highest BCUT2D eigenvalue weighted by Crippen LogP contribution is 2.29. The van der Waals surface area contributed by atoms with Crippen LogP contribution >= 0.6 is 0 Å². The molecule has 0 atom stereocenters.